The van der Waals surface area contributed by atoms with E-state index in [4.69, 9.17) is 4.74 Å². The van der Waals surface area contributed by atoms with E-state index in [2.05, 4.69) is 29.7 Å². The maximum Gasteiger partial charge on any atom is 0.222 e. The first-order chi connectivity index (χ1) is 15.1. The molecular formula is C22H25FN6O2. The van der Waals surface area contributed by atoms with Crippen LogP contribution in [0.15, 0.2) is 43.0 Å². The molecule has 9 heteroatoms. The molecule has 4 rings (SSSR count). The zero-order chi connectivity index (χ0) is 21.6. The van der Waals surface area contributed by atoms with Crippen molar-refractivity contribution < 1.29 is 13.9 Å². The average molecular weight is 424 g/mol. The van der Waals surface area contributed by atoms with Gasteiger partial charge in [0.15, 0.2) is 0 Å². The first-order valence-electron chi connectivity index (χ1n) is 10.3. The SMILES string of the molecule is CC(=O)Nc1cc(-c2c(-c3ccc(F)cc3)ncn2CCCN2CCOCC2)ncn1. The highest BCUT2D eigenvalue weighted by molar-refractivity contribution is 5.88. The second kappa shape index (κ2) is 9.76. The van der Waals surface area contributed by atoms with E-state index in [0.29, 0.717) is 17.2 Å². The van der Waals surface area contributed by atoms with Crippen LogP contribution in [-0.4, -0.2) is 63.2 Å². The zero-order valence-corrected chi connectivity index (χ0v) is 17.4. The first kappa shape index (κ1) is 21.1. The number of ether oxygens (including phenoxy) is 1. The summed E-state index contributed by atoms with van der Waals surface area (Å²) in [5.74, 6) is -0.0868. The summed E-state index contributed by atoms with van der Waals surface area (Å²) in [5.41, 5.74) is 2.95. The smallest absolute Gasteiger partial charge is 0.222 e. The molecule has 1 fully saturated rings. The predicted molar refractivity (Wildman–Crippen MR) is 115 cm³/mol. The van der Waals surface area contributed by atoms with Crippen molar-refractivity contribution in [2.45, 2.75) is 19.9 Å². The van der Waals surface area contributed by atoms with E-state index in [-0.39, 0.29) is 11.7 Å². The third kappa shape index (κ3) is 5.31. The van der Waals surface area contributed by atoms with E-state index in [9.17, 15) is 9.18 Å². The molecule has 1 saturated heterocycles. The largest absolute Gasteiger partial charge is 0.379 e. The number of aryl methyl sites for hydroxylation is 1. The summed E-state index contributed by atoms with van der Waals surface area (Å²) < 4.78 is 20.9. The lowest BCUT2D eigenvalue weighted by Gasteiger charge is -2.26. The normalized spacial score (nSPS) is 14.5. The van der Waals surface area contributed by atoms with Crippen LogP contribution in [0.2, 0.25) is 0 Å². The fourth-order valence-corrected chi connectivity index (χ4v) is 3.66. The zero-order valence-electron chi connectivity index (χ0n) is 17.4. The van der Waals surface area contributed by atoms with Crippen molar-refractivity contribution in [2.24, 2.45) is 0 Å². The summed E-state index contributed by atoms with van der Waals surface area (Å²) in [6.45, 7) is 6.60. The minimum absolute atomic E-state index is 0.206. The van der Waals surface area contributed by atoms with Gasteiger partial charge < -0.3 is 14.6 Å². The summed E-state index contributed by atoms with van der Waals surface area (Å²) in [5, 5.41) is 2.69. The molecular weight excluding hydrogens is 399 g/mol. The number of hydrogen-bond donors (Lipinski definition) is 1. The van der Waals surface area contributed by atoms with Crippen LogP contribution in [0.25, 0.3) is 22.6 Å². The van der Waals surface area contributed by atoms with Gasteiger partial charge in [0.25, 0.3) is 0 Å². The molecule has 1 amide bonds. The molecule has 8 nitrogen and oxygen atoms in total. The van der Waals surface area contributed by atoms with Crippen molar-refractivity contribution in [2.75, 3.05) is 38.2 Å². The Morgan fingerprint density at radius 3 is 2.65 bits per heavy atom. The molecule has 3 heterocycles. The molecule has 0 saturated carbocycles. The second-order valence-corrected chi connectivity index (χ2v) is 7.42. The van der Waals surface area contributed by atoms with Crippen molar-refractivity contribution in [3.8, 4) is 22.6 Å². The van der Waals surface area contributed by atoms with Crippen LogP contribution in [-0.2, 0) is 16.1 Å². The average Bonchev–Trinajstić information content (AvgIpc) is 3.19. The number of carbonyl (C=O) groups excluding carboxylic acids is 1. The van der Waals surface area contributed by atoms with Gasteiger partial charge in [-0.05, 0) is 30.7 Å². The number of hydrogen-bond acceptors (Lipinski definition) is 6. The Labute approximate surface area is 180 Å². The Morgan fingerprint density at radius 1 is 1.13 bits per heavy atom. The van der Waals surface area contributed by atoms with Gasteiger partial charge in [-0.1, -0.05) is 0 Å². The summed E-state index contributed by atoms with van der Waals surface area (Å²) >= 11 is 0. The number of nitrogens with one attached hydrogen (secondary N) is 1. The molecule has 1 N–H and O–H groups in total. The third-order valence-electron chi connectivity index (χ3n) is 5.15. The summed E-state index contributed by atoms with van der Waals surface area (Å²) in [7, 11) is 0. The van der Waals surface area contributed by atoms with Gasteiger partial charge in [0.1, 0.15) is 18.0 Å². The van der Waals surface area contributed by atoms with Crippen LogP contribution in [0.1, 0.15) is 13.3 Å². The molecule has 2 aromatic heterocycles. The van der Waals surface area contributed by atoms with E-state index < -0.39 is 0 Å². The van der Waals surface area contributed by atoms with Crippen LogP contribution in [0.4, 0.5) is 10.2 Å². The van der Waals surface area contributed by atoms with Gasteiger partial charge in [-0.15, -0.1) is 0 Å². The quantitative estimate of drug-likeness (QED) is 0.628. The van der Waals surface area contributed by atoms with Crippen LogP contribution in [0.5, 0.6) is 0 Å². The van der Waals surface area contributed by atoms with E-state index >= 15 is 0 Å². The predicted octanol–water partition coefficient (Wildman–Crippen LogP) is 2.83. The number of carbonyl (C=O) groups is 1. The lowest BCUT2D eigenvalue weighted by Crippen LogP contribution is -2.37. The van der Waals surface area contributed by atoms with E-state index in [1.165, 1.54) is 25.4 Å². The van der Waals surface area contributed by atoms with E-state index in [0.717, 1.165) is 57.1 Å². The molecule has 3 aromatic rings. The molecule has 162 valence electrons. The Bertz CT molecular complexity index is 1030. The third-order valence-corrected chi connectivity index (χ3v) is 5.15. The van der Waals surface area contributed by atoms with Gasteiger partial charge >= 0.3 is 0 Å². The highest BCUT2D eigenvalue weighted by Gasteiger charge is 2.18. The number of anilines is 1. The Kier molecular flexibility index (Phi) is 6.63. The van der Waals surface area contributed by atoms with Crippen molar-refractivity contribution in [1.82, 2.24) is 24.4 Å². The number of aromatic nitrogens is 4. The van der Waals surface area contributed by atoms with Crippen molar-refractivity contribution in [1.29, 1.82) is 0 Å². The molecule has 0 aliphatic carbocycles. The summed E-state index contributed by atoms with van der Waals surface area (Å²) in [6, 6.07) is 7.97. The summed E-state index contributed by atoms with van der Waals surface area (Å²) in [4.78, 5) is 27.0. The summed E-state index contributed by atoms with van der Waals surface area (Å²) in [6.07, 6.45) is 4.14. The van der Waals surface area contributed by atoms with E-state index in [1.807, 2.05) is 0 Å². The van der Waals surface area contributed by atoms with Crippen LogP contribution < -0.4 is 5.32 Å². The maximum atomic E-state index is 13.4. The monoisotopic (exact) mass is 424 g/mol. The molecule has 0 atom stereocenters. The number of benzene rings is 1. The van der Waals surface area contributed by atoms with Crippen LogP contribution in [0, 0.1) is 5.82 Å². The number of morpholine rings is 1. The molecule has 31 heavy (non-hydrogen) atoms. The fourth-order valence-electron chi connectivity index (χ4n) is 3.66. The topological polar surface area (TPSA) is 85.2 Å². The van der Waals surface area contributed by atoms with Gasteiger partial charge in [-0.2, -0.15) is 0 Å². The van der Waals surface area contributed by atoms with Gasteiger partial charge in [0, 0.05) is 44.7 Å². The minimum atomic E-state index is -0.301. The number of rotatable bonds is 7. The van der Waals surface area contributed by atoms with Gasteiger partial charge in [-0.25, -0.2) is 19.3 Å². The second-order valence-electron chi connectivity index (χ2n) is 7.42. The lowest BCUT2D eigenvalue weighted by atomic mass is 10.1. The van der Waals surface area contributed by atoms with Gasteiger partial charge in [0.05, 0.1) is 36.6 Å². The highest BCUT2D eigenvalue weighted by atomic mass is 19.1. The van der Waals surface area contributed by atoms with Crippen LogP contribution >= 0.6 is 0 Å². The lowest BCUT2D eigenvalue weighted by molar-refractivity contribution is -0.114. The molecule has 0 bridgehead atoms. The standard InChI is InChI=1S/C22H25FN6O2/c1-16(30)27-20-13-19(24-14-25-20)22-21(17-3-5-18(23)6-4-17)26-15-29(22)8-2-7-28-9-11-31-12-10-28/h3-6,13-15H,2,7-12H2,1H3,(H,24,25,27,30). The molecule has 0 radical (unpaired) electrons. The van der Waals surface area contributed by atoms with Crippen molar-refractivity contribution >= 4 is 11.7 Å². The number of nitrogens with zero attached hydrogens (tertiary/aromatic N) is 5. The molecule has 1 aromatic carbocycles. The van der Waals surface area contributed by atoms with E-state index in [1.54, 1.807) is 24.5 Å². The molecule has 0 unspecified atom stereocenters. The Balaban J connectivity index is 1.63. The number of imidazole rings is 1. The molecule has 1 aliphatic rings. The molecule has 1 aliphatic heterocycles. The Morgan fingerprint density at radius 2 is 1.90 bits per heavy atom. The van der Waals surface area contributed by atoms with Gasteiger partial charge in [-0.3, -0.25) is 9.69 Å². The highest BCUT2D eigenvalue weighted by Crippen LogP contribution is 2.31. The van der Waals surface area contributed by atoms with Crippen molar-refractivity contribution in [3.63, 3.8) is 0 Å². The maximum absolute atomic E-state index is 13.4. The van der Waals surface area contributed by atoms with Crippen LogP contribution in [0.3, 0.4) is 0 Å². The fraction of sp³-hybridized carbons (Fsp3) is 0.364. The number of amides is 1. The number of halogens is 1. The molecule has 0 spiro atoms. The van der Waals surface area contributed by atoms with Gasteiger partial charge in [0.2, 0.25) is 5.91 Å². The first-order valence-corrected chi connectivity index (χ1v) is 10.3. The Hall–Kier alpha value is -3.17. The minimum Gasteiger partial charge on any atom is -0.379 e. The van der Waals surface area contributed by atoms with Crippen molar-refractivity contribution in [3.05, 3.63) is 48.8 Å².